The van der Waals surface area contributed by atoms with E-state index in [9.17, 15) is 10.1 Å². The Hall–Kier alpha value is -3.02. The Labute approximate surface area is 135 Å². The largest absolute Gasteiger partial charge is 0.383 e. The van der Waals surface area contributed by atoms with Gasteiger partial charge in [-0.3, -0.25) is 20.5 Å². The topological polar surface area (TPSA) is 61.7 Å². The van der Waals surface area contributed by atoms with Gasteiger partial charge in [-0.25, -0.2) is 0 Å². The van der Waals surface area contributed by atoms with Crippen molar-refractivity contribution in [2.24, 2.45) is 0 Å². The molecule has 0 unspecified atom stereocenters. The zero-order valence-electron chi connectivity index (χ0n) is 13.2. The molecule has 6 nitrogen and oxygen atoms in total. The van der Waals surface area contributed by atoms with Crippen molar-refractivity contribution in [3.63, 3.8) is 0 Å². The Morgan fingerprint density at radius 1 is 1.17 bits per heavy atom. The van der Waals surface area contributed by atoms with E-state index in [0.717, 1.165) is 17.8 Å². The molecular weight excluding hydrogens is 292 g/mol. The smallest absolute Gasteiger partial charge is 0.269 e. The lowest BCUT2D eigenvalue weighted by atomic mass is 10.1. The van der Waals surface area contributed by atoms with Crippen LogP contribution in [0.2, 0.25) is 0 Å². The van der Waals surface area contributed by atoms with Gasteiger partial charge in [-0.15, -0.1) is 0 Å². The van der Waals surface area contributed by atoms with Crippen molar-refractivity contribution < 1.29 is 4.92 Å². The molecule has 1 aromatic carbocycles. The minimum absolute atomic E-state index is 0.0972. The summed E-state index contributed by atoms with van der Waals surface area (Å²) >= 11 is 0. The maximum absolute atomic E-state index is 10.7. The number of non-ortho nitro benzene ring substituents is 1. The molecule has 1 aliphatic heterocycles. The van der Waals surface area contributed by atoms with Crippen LogP contribution in [0.1, 0.15) is 5.56 Å². The molecule has 1 aliphatic rings. The third kappa shape index (κ3) is 5.03. The summed E-state index contributed by atoms with van der Waals surface area (Å²) < 4.78 is 0. The third-order valence-corrected chi connectivity index (χ3v) is 3.13. The average Bonchev–Trinajstić information content (AvgIpc) is 2.99. The molecule has 0 aromatic heterocycles. The van der Waals surface area contributed by atoms with Gasteiger partial charge >= 0.3 is 0 Å². The Morgan fingerprint density at radius 3 is 2.52 bits per heavy atom. The quantitative estimate of drug-likeness (QED) is 0.497. The Balaban J connectivity index is 1.87. The second-order valence-electron chi connectivity index (χ2n) is 5.22. The van der Waals surface area contributed by atoms with Crippen molar-refractivity contribution in [1.82, 2.24) is 15.3 Å². The first-order chi connectivity index (χ1) is 11.1. The van der Waals surface area contributed by atoms with E-state index in [1.165, 1.54) is 12.1 Å². The number of rotatable bonds is 6. The van der Waals surface area contributed by atoms with Gasteiger partial charge in [0.1, 0.15) is 0 Å². The molecule has 6 heteroatoms. The summed E-state index contributed by atoms with van der Waals surface area (Å²) in [5.74, 6) is 0. The highest BCUT2D eigenvalue weighted by atomic mass is 16.6. The predicted molar refractivity (Wildman–Crippen MR) is 92.0 cm³/mol. The van der Waals surface area contributed by atoms with Gasteiger partial charge in [-0.1, -0.05) is 12.2 Å². The monoisotopic (exact) mass is 312 g/mol. The highest BCUT2D eigenvalue weighted by Crippen LogP contribution is 2.20. The third-order valence-electron chi connectivity index (χ3n) is 3.13. The van der Waals surface area contributed by atoms with Crippen LogP contribution in [0.3, 0.4) is 0 Å². The van der Waals surface area contributed by atoms with Crippen LogP contribution in [0.25, 0.3) is 5.70 Å². The van der Waals surface area contributed by atoms with Gasteiger partial charge in [0.25, 0.3) is 5.69 Å². The van der Waals surface area contributed by atoms with E-state index < -0.39 is 4.92 Å². The number of allylic oxidation sites excluding steroid dienone is 4. The molecule has 0 radical (unpaired) electrons. The maximum atomic E-state index is 10.7. The molecule has 0 amide bonds. The Kier molecular flexibility index (Phi) is 5.57. The lowest BCUT2D eigenvalue weighted by Crippen LogP contribution is -2.25. The number of nitro groups is 1. The Bertz CT molecular complexity index is 658. The van der Waals surface area contributed by atoms with Gasteiger partial charge < -0.3 is 4.90 Å². The van der Waals surface area contributed by atoms with Gasteiger partial charge in [0.15, 0.2) is 0 Å². The summed E-state index contributed by atoms with van der Waals surface area (Å²) in [6.45, 7) is 0.740. The minimum Gasteiger partial charge on any atom is -0.383 e. The van der Waals surface area contributed by atoms with Gasteiger partial charge in [0, 0.05) is 32.4 Å². The van der Waals surface area contributed by atoms with E-state index in [1.807, 2.05) is 66.8 Å². The van der Waals surface area contributed by atoms with Crippen LogP contribution >= 0.6 is 0 Å². The van der Waals surface area contributed by atoms with Crippen LogP contribution in [0.15, 0.2) is 67.0 Å². The van der Waals surface area contributed by atoms with Crippen LogP contribution in [0, 0.1) is 10.1 Å². The van der Waals surface area contributed by atoms with Crippen molar-refractivity contribution in [1.29, 1.82) is 0 Å². The molecule has 0 spiro atoms. The van der Waals surface area contributed by atoms with Gasteiger partial charge in [0.2, 0.25) is 0 Å². The van der Waals surface area contributed by atoms with E-state index >= 15 is 0 Å². The summed E-state index contributed by atoms with van der Waals surface area (Å²) in [5, 5.41) is 12.6. The van der Waals surface area contributed by atoms with Crippen LogP contribution in [-0.4, -0.2) is 35.5 Å². The van der Waals surface area contributed by atoms with Crippen molar-refractivity contribution in [2.75, 3.05) is 20.6 Å². The van der Waals surface area contributed by atoms with E-state index in [2.05, 4.69) is 5.43 Å². The molecule has 1 N–H and O–H groups in total. The van der Waals surface area contributed by atoms with Crippen molar-refractivity contribution >= 4 is 11.4 Å². The molecule has 0 atom stereocenters. The normalized spacial score (nSPS) is 14.7. The molecule has 2 rings (SSSR count). The summed E-state index contributed by atoms with van der Waals surface area (Å²) in [4.78, 5) is 12.2. The molecular formula is C17H20N4O2. The number of nitrogens with one attached hydrogen (secondary N) is 1. The van der Waals surface area contributed by atoms with Gasteiger partial charge in [0.05, 0.1) is 17.2 Å². The van der Waals surface area contributed by atoms with Gasteiger partial charge in [-0.2, -0.15) is 0 Å². The van der Waals surface area contributed by atoms with E-state index in [4.69, 9.17) is 0 Å². The average molecular weight is 312 g/mol. The molecule has 23 heavy (non-hydrogen) atoms. The fraction of sp³-hybridized carbons (Fsp3) is 0.176. The number of nitro benzene ring substituents is 1. The van der Waals surface area contributed by atoms with Gasteiger partial charge in [-0.05, 0) is 42.1 Å². The standard InChI is InChI=1S/C17H20N4O2/c1-19(2)12-5-3-4-6-13-20-14-11-17(18-20)15-7-9-16(10-8-15)21(22)23/h3-13,18H,14H2,1-2H3. The highest BCUT2D eigenvalue weighted by Gasteiger charge is 2.12. The molecule has 0 saturated carbocycles. The summed E-state index contributed by atoms with van der Waals surface area (Å²) in [6.07, 6.45) is 13.8. The fourth-order valence-electron chi connectivity index (χ4n) is 1.98. The van der Waals surface area contributed by atoms with Crippen LogP contribution in [0.4, 0.5) is 5.69 Å². The predicted octanol–water partition coefficient (Wildman–Crippen LogP) is 2.90. The fourth-order valence-corrected chi connectivity index (χ4v) is 1.98. The molecule has 1 aromatic rings. The SMILES string of the molecule is CN(C)C=CC=CC=CN1CC=C(c2ccc([N+](=O)[O-])cc2)N1. The molecule has 0 aliphatic carbocycles. The zero-order chi connectivity index (χ0) is 16.7. The van der Waals surface area contributed by atoms with Crippen LogP contribution < -0.4 is 5.43 Å². The lowest BCUT2D eigenvalue weighted by molar-refractivity contribution is -0.384. The zero-order valence-corrected chi connectivity index (χ0v) is 13.2. The first-order valence-electron chi connectivity index (χ1n) is 7.22. The van der Waals surface area contributed by atoms with Crippen molar-refractivity contribution in [3.05, 3.63) is 82.7 Å². The van der Waals surface area contributed by atoms with Crippen molar-refractivity contribution in [3.8, 4) is 0 Å². The first-order valence-corrected chi connectivity index (χ1v) is 7.22. The number of nitrogens with zero attached hydrogens (tertiary/aromatic N) is 3. The molecule has 0 bridgehead atoms. The lowest BCUT2D eigenvalue weighted by Gasteiger charge is -2.15. The molecule has 0 saturated heterocycles. The molecule has 120 valence electrons. The van der Waals surface area contributed by atoms with Crippen molar-refractivity contribution in [2.45, 2.75) is 0 Å². The number of benzene rings is 1. The Morgan fingerprint density at radius 2 is 1.87 bits per heavy atom. The summed E-state index contributed by atoms with van der Waals surface area (Å²) in [5.41, 5.74) is 5.21. The van der Waals surface area contributed by atoms with E-state index in [1.54, 1.807) is 12.1 Å². The number of hydrogen-bond donors (Lipinski definition) is 1. The second-order valence-corrected chi connectivity index (χ2v) is 5.22. The van der Waals surface area contributed by atoms with E-state index in [-0.39, 0.29) is 5.69 Å². The number of hydrazine groups is 1. The second kappa shape index (κ2) is 7.84. The number of hydrogen-bond acceptors (Lipinski definition) is 5. The summed E-state index contributed by atoms with van der Waals surface area (Å²) in [7, 11) is 3.94. The summed E-state index contributed by atoms with van der Waals surface area (Å²) in [6, 6.07) is 6.51. The highest BCUT2D eigenvalue weighted by molar-refractivity contribution is 5.66. The minimum atomic E-state index is -0.396. The van der Waals surface area contributed by atoms with E-state index in [0.29, 0.717) is 0 Å². The maximum Gasteiger partial charge on any atom is 0.269 e. The first kappa shape index (κ1) is 16.4. The molecule has 1 heterocycles. The van der Waals surface area contributed by atoms with Crippen LogP contribution in [0.5, 0.6) is 0 Å². The van der Waals surface area contributed by atoms with Crippen LogP contribution in [-0.2, 0) is 0 Å². The molecule has 0 fully saturated rings.